The molecule has 1 atom stereocenters. The molecular weight excluding hydrogens is 416 g/mol. The van der Waals surface area contributed by atoms with Gasteiger partial charge in [-0.25, -0.2) is 4.98 Å². The van der Waals surface area contributed by atoms with Crippen LogP contribution in [0.3, 0.4) is 0 Å². The highest BCUT2D eigenvalue weighted by molar-refractivity contribution is 6.30. The quantitative estimate of drug-likeness (QED) is 0.557. The number of aromatic nitrogens is 1. The summed E-state index contributed by atoms with van der Waals surface area (Å²) in [5.41, 5.74) is 2.00. The lowest BCUT2D eigenvalue weighted by Crippen LogP contribution is -2.30. The molecule has 0 radical (unpaired) electrons. The molecule has 3 aromatic rings. The van der Waals surface area contributed by atoms with Gasteiger partial charge in [0, 0.05) is 30.0 Å². The Balaban J connectivity index is 1.23. The number of fused-ring (bicyclic) bond motifs is 1. The summed E-state index contributed by atoms with van der Waals surface area (Å²) in [6.07, 6.45) is 4.46. The van der Waals surface area contributed by atoms with Crippen molar-refractivity contribution in [2.24, 2.45) is 0 Å². The first-order valence-electron chi connectivity index (χ1n) is 10.6. The average molecular weight is 439 g/mol. The maximum atomic E-state index is 13.0. The Hall–Kier alpha value is -2.99. The number of aryl methyl sites for hydroxylation is 1. The number of hydrogen-bond donors (Lipinski definition) is 0. The highest BCUT2D eigenvalue weighted by Crippen LogP contribution is 2.38. The van der Waals surface area contributed by atoms with Crippen molar-refractivity contribution >= 4 is 17.5 Å². The largest absolute Gasteiger partial charge is 0.486 e. The summed E-state index contributed by atoms with van der Waals surface area (Å²) in [4.78, 5) is 19.3. The molecule has 6 nitrogen and oxygen atoms in total. The number of amides is 1. The lowest BCUT2D eigenvalue weighted by molar-refractivity contribution is -0.132. The second kappa shape index (κ2) is 8.63. The molecule has 2 aliphatic rings. The minimum atomic E-state index is 0.0671. The van der Waals surface area contributed by atoms with Crippen LogP contribution in [0.1, 0.15) is 36.8 Å². The van der Waals surface area contributed by atoms with Crippen molar-refractivity contribution in [3.05, 3.63) is 65.1 Å². The predicted octanol–water partition coefficient (Wildman–Crippen LogP) is 5.06. The van der Waals surface area contributed by atoms with Crippen molar-refractivity contribution in [3.8, 4) is 22.8 Å². The van der Waals surface area contributed by atoms with Gasteiger partial charge in [0.05, 0.1) is 12.2 Å². The van der Waals surface area contributed by atoms with Gasteiger partial charge in [-0.15, -0.1) is 0 Å². The van der Waals surface area contributed by atoms with E-state index >= 15 is 0 Å². The molecule has 3 heterocycles. The fourth-order valence-electron chi connectivity index (χ4n) is 4.21. The van der Waals surface area contributed by atoms with Crippen LogP contribution in [-0.2, 0) is 11.2 Å². The highest BCUT2D eigenvalue weighted by Gasteiger charge is 2.30. The van der Waals surface area contributed by atoms with Gasteiger partial charge >= 0.3 is 0 Å². The van der Waals surface area contributed by atoms with Crippen LogP contribution in [0.4, 0.5) is 0 Å². The van der Waals surface area contributed by atoms with Gasteiger partial charge in [-0.1, -0.05) is 17.7 Å². The van der Waals surface area contributed by atoms with Gasteiger partial charge in [0.25, 0.3) is 0 Å². The van der Waals surface area contributed by atoms with Crippen molar-refractivity contribution in [3.63, 3.8) is 0 Å². The molecule has 1 unspecified atom stereocenters. The van der Waals surface area contributed by atoms with E-state index in [1.165, 1.54) is 0 Å². The van der Waals surface area contributed by atoms with Crippen molar-refractivity contribution < 1.29 is 18.7 Å². The Morgan fingerprint density at radius 2 is 1.90 bits per heavy atom. The number of oxazole rings is 1. The molecule has 1 saturated heterocycles. The second-order valence-electron chi connectivity index (χ2n) is 7.77. The molecule has 2 aliphatic heterocycles. The predicted molar refractivity (Wildman–Crippen MR) is 116 cm³/mol. The zero-order chi connectivity index (χ0) is 21.2. The van der Waals surface area contributed by atoms with Crippen molar-refractivity contribution in [1.82, 2.24) is 9.88 Å². The molecule has 7 heteroatoms. The Labute approximate surface area is 185 Å². The molecule has 1 aromatic heterocycles. The van der Waals surface area contributed by atoms with Gasteiger partial charge in [-0.3, -0.25) is 4.79 Å². The van der Waals surface area contributed by atoms with Crippen LogP contribution in [0.15, 0.2) is 53.1 Å². The number of halogens is 1. The van der Waals surface area contributed by atoms with Gasteiger partial charge in [0.1, 0.15) is 13.2 Å². The van der Waals surface area contributed by atoms with Crippen LogP contribution in [-0.4, -0.2) is 35.5 Å². The van der Waals surface area contributed by atoms with E-state index in [0.717, 1.165) is 42.0 Å². The van der Waals surface area contributed by atoms with Crippen molar-refractivity contribution in [2.45, 2.75) is 31.7 Å². The lowest BCUT2D eigenvalue weighted by Gasteiger charge is -2.26. The lowest BCUT2D eigenvalue weighted by atomic mass is 10.0. The van der Waals surface area contributed by atoms with E-state index in [1.54, 1.807) is 6.20 Å². The van der Waals surface area contributed by atoms with Crippen LogP contribution >= 0.6 is 11.6 Å². The van der Waals surface area contributed by atoms with Crippen LogP contribution in [0, 0.1) is 0 Å². The third kappa shape index (κ3) is 4.26. The van der Waals surface area contributed by atoms with Crippen molar-refractivity contribution in [1.29, 1.82) is 0 Å². The Bertz CT molecular complexity index is 1080. The number of benzene rings is 2. The zero-order valence-corrected chi connectivity index (χ0v) is 17.8. The molecule has 0 aliphatic carbocycles. The van der Waals surface area contributed by atoms with Crippen LogP contribution in [0.25, 0.3) is 11.3 Å². The number of rotatable bonds is 5. The minimum Gasteiger partial charge on any atom is -0.486 e. The highest BCUT2D eigenvalue weighted by atomic mass is 35.5. The fourth-order valence-corrected chi connectivity index (χ4v) is 4.34. The van der Waals surface area contributed by atoms with E-state index in [1.807, 2.05) is 47.4 Å². The number of ether oxygens (including phenoxy) is 2. The molecule has 0 spiro atoms. The Morgan fingerprint density at radius 1 is 1.10 bits per heavy atom. The van der Waals surface area contributed by atoms with E-state index in [2.05, 4.69) is 4.98 Å². The molecule has 5 rings (SSSR count). The first-order chi connectivity index (χ1) is 15.2. The van der Waals surface area contributed by atoms with E-state index < -0.39 is 0 Å². The van der Waals surface area contributed by atoms with Gasteiger partial charge in [-0.2, -0.15) is 0 Å². The summed E-state index contributed by atoms with van der Waals surface area (Å²) in [6, 6.07) is 13.5. The summed E-state index contributed by atoms with van der Waals surface area (Å²) in [5.74, 6) is 2.88. The summed E-state index contributed by atoms with van der Waals surface area (Å²) in [7, 11) is 0. The maximum Gasteiger partial charge on any atom is 0.223 e. The molecule has 2 aromatic carbocycles. The van der Waals surface area contributed by atoms with E-state index in [4.69, 9.17) is 25.5 Å². The number of nitrogens with zero attached hydrogens (tertiary/aromatic N) is 2. The number of carbonyl (C=O) groups excluding carboxylic acids is 1. The monoisotopic (exact) mass is 438 g/mol. The van der Waals surface area contributed by atoms with Gasteiger partial charge in [-0.05, 0) is 54.8 Å². The first kappa shape index (κ1) is 19.9. The summed E-state index contributed by atoms with van der Waals surface area (Å²) in [5, 5.41) is 0.673. The van der Waals surface area contributed by atoms with Crippen LogP contribution < -0.4 is 9.47 Å². The SMILES string of the molecule is O=C(CCc1ncc(-c2ccc(Cl)cc2)o1)N1CCCC1c1ccc2c(c1)OCCO2. The Kier molecular flexibility index (Phi) is 5.55. The fraction of sp³-hybridized carbons (Fsp3) is 0.333. The molecule has 0 bridgehead atoms. The van der Waals surface area contributed by atoms with E-state index in [0.29, 0.717) is 42.7 Å². The molecule has 1 fully saturated rings. The topological polar surface area (TPSA) is 64.8 Å². The number of hydrogen-bond acceptors (Lipinski definition) is 5. The second-order valence-corrected chi connectivity index (χ2v) is 8.21. The zero-order valence-electron chi connectivity index (χ0n) is 17.1. The molecule has 0 N–H and O–H groups in total. The molecule has 1 amide bonds. The van der Waals surface area contributed by atoms with E-state index in [-0.39, 0.29) is 11.9 Å². The Morgan fingerprint density at radius 3 is 2.74 bits per heavy atom. The van der Waals surface area contributed by atoms with E-state index in [9.17, 15) is 4.79 Å². The third-order valence-electron chi connectivity index (χ3n) is 5.76. The molecule has 0 saturated carbocycles. The van der Waals surface area contributed by atoms with Gasteiger partial charge in [0.15, 0.2) is 23.1 Å². The molecule has 160 valence electrons. The number of carbonyl (C=O) groups is 1. The molecule has 31 heavy (non-hydrogen) atoms. The summed E-state index contributed by atoms with van der Waals surface area (Å²) >= 11 is 5.94. The standard InChI is InChI=1S/C24H23ClN2O4/c25-18-6-3-16(4-7-18)22-15-26-23(31-22)9-10-24(28)27-11-1-2-19(27)17-5-8-20-21(14-17)30-13-12-29-20/h3-8,14-15,19H,1-2,9-13H2. The smallest absolute Gasteiger partial charge is 0.223 e. The van der Waals surface area contributed by atoms with Gasteiger partial charge in [0.2, 0.25) is 5.91 Å². The third-order valence-corrected chi connectivity index (χ3v) is 6.01. The van der Waals surface area contributed by atoms with Crippen LogP contribution in [0.2, 0.25) is 5.02 Å². The summed E-state index contributed by atoms with van der Waals surface area (Å²) < 4.78 is 17.2. The summed E-state index contributed by atoms with van der Waals surface area (Å²) in [6.45, 7) is 1.89. The number of likely N-dealkylation sites (tertiary alicyclic amines) is 1. The van der Waals surface area contributed by atoms with Gasteiger partial charge < -0.3 is 18.8 Å². The average Bonchev–Trinajstić information content (AvgIpc) is 3.48. The first-order valence-corrected chi connectivity index (χ1v) is 10.9. The molecular formula is C24H23ClN2O4. The maximum absolute atomic E-state index is 13.0. The van der Waals surface area contributed by atoms with Crippen molar-refractivity contribution in [2.75, 3.05) is 19.8 Å². The minimum absolute atomic E-state index is 0.0671. The van der Waals surface area contributed by atoms with Crippen LogP contribution in [0.5, 0.6) is 11.5 Å². The normalized spacial score (nSPS) is 17.7.